The van der Waals surface area contributed by atoms with Crippen LogP contribution in [0.4, 0.5) is 0 Å². The summed E-state index contributed by atoms with van der Waals surface area (Å²) < 4.78 is 6.58. The number of nitrogens with zero attached hydrogens (tertiary/aromatic N) is 1. The number of ether oxygens (including phenoxy) is 1. The highest BCUT2D eigenvalue weighted by Crippen LogP contribution is 2.24. The van der Waals surface area contributed by atoms with Gasteiger partial charge >= 0.3 is 0 Å². The molecule has 0 spiro atoms. The van der Waals surface area contributed by atoms with E-state index in [9.17, 15) is 4.79 Å². The van der Waals surface area contributed by atoms with E-state index in [1.165, 1.54) is 5.56 Å². The number of benzene rings is 2. The van der Waals surface area contributed by atoms with Gasteiger partial charge in [0.1, 0.15) is 5.75 Å². The van der Waals surface area contributed by atoms with Crippen molar-refractivity contribution in [3.63, 3.8) is 0 Å². The van der Waals surface area contributed by atoms with Crippen LogP contribution in [0.5, 0.6) is 5.75 Å². The van der Waals surface area contributed by atoms with Gasteiger partial charge in [-0.3, -0.25) is 4.79 Å². The van der Waals surface area contributed by atoms with E-state index >= 15 is 0 Å². The van der Waals surface area contributed by atoms with Crippen molar-refractivity contribution in [2.45, 2.75) is 26.7 Å². The average Bonchev–Trinajstić information content (AvgIpc) is 2.54. The Morgan fingerprint density at radius 1 is 1.29 bits per heavy atom. The van der Waals surface area contributed by atoms with Gasteiger partial charge in [0.15, 0.2) is 6.61 Å². The molecule has 0 saturated heterocycles. The molecule has 0 aliphatic heterocycles. The van der Waals surface area contributed by atoms with E-state index in [4.69, 9.17) is 4.74 Å². The largest absolute Gasteiger partial charge is 0.483 e. The van der Waals surface area contributed by atoms with Crippen LogP contribution in [0.1, 0.15) is 36.5 Å². The Kier molecular flexibility index (Phi) is 6.55. The van der Waals surface area contributed by atoms with Gasteiger partial charge in [-0.15, -0.1) is 0 Å². The predicted octanol–water partition coefficient (Wildman–Crippen LogP) is 4.41. The van der Waals surface area contributed by atoms with Crippen LogP contribution in [0.15, 0.2) is 52.0 Å². The molecule has 0 aliphatic carbocycles. The van der Waals surface area contributed by atoms with E-state index in [1.54, 1.807) is 6.21 Å². The SMILES string of the molecule is Cc1ccc(C(C)C)cc1OCC(=O)NN=Cc1cccc(Br)c1. The van der Waals surface area contributed by atoms with Crippen molar-refractivity contribution in [2.75, 3.05) is 6.61 Å². The van der Waals surface area contributed by atoms with Crippen molar-refractivity contribution in [3.05, 3.63) is 63.6 Å². The minimum Gasteiger partial charge on any atom is -0.483 e. The van der Waals surface area contributed by atoms with E-state index in [-0.39, 0.29) is 12.5 Å². The Morgan fingerprint density at radius 3 is 2.79 bits per heavy atom. The summed E-state index contributed by atoms with van der Waals surface area (Å²) in [4.78, 5) is 11.8. The minimum absolute atomic E-state index is 0.0712. The highest BCUT2D eigenvalue weighted by atomic mass is 79.9. The lowest BCUT2D eigenvalue weighted by molar-refractivity contribution is -0.123. The van der Waals surface area contributed by atoms with Crippen LogP contribution in [-0.2, 0) is 4.79 Å². The number of carbonyl (C=O) groups excluding carboxylic acids is 1. The molecule has 0 aromatic heterocycles. The molecule has 0 aliphatic rings. The molecule has 0 fully saturated rings. The van der Waals surface area contributed by atoms with Crippen molar-refractivity contribution in [1.29, 1.82) is 0 Å². The van der Waals surface area contributed by atoms with E-state index < -0.39 is 0 Å². The maximum absolute atomic E-state index is 11.8. The highest BCUT2D eigenvalue weighted by Gasteiger charge is 2.07. The van der Waals surface area contributed by atoms with Gasteiger partial charge in [0, 0.05) is 4.47 Å². The molecule has 2 aromatic carbocycles. The summed E-state index contributed by atoms with van der Waals surface area (Å²) in [6.07, 6.45) is 1.59. The molecule has 126 valence electrons. The summed E-state index contributed by atoms with van der Waals surface area (Å²) in [5, 5.41) is 3.94. The summed E-state index contributed by atoms with van der Waals surface area (Å²) in [6, 6.07) is 13.7. The summed E-state index contributed by atoms with van der Waals surface area (Å²) in [7, 11) is 0. The van der Waals surface area contributed by atoms with Crippen LogP contribution in [0, 0.1) is 6.92 Å². The van der Waals surface area contributed by atoms with Gasteiger partial charge in [-0.2, -0.15) is 5.10 Å². The van der Waals surface area contributed by atoms with Crippen molar-refractivity contribution in [3.8, 4) is 5.75 Å². The average molecular weight is 389 g/mol. The summed E-state index contributed by atoms with van der Waals surface area (Å²) in [6.45, 7) is 6.14. The highest BCUT2D eigenvalue weighted by molar-refractivity contribution is 9.10. The molecule has 0 radical (unpaired) electrons. The van der Waals surface area contributed by atoms with Crippen LogP contribution in [0.3, 0.4) is 0 Å². The second kappa shape index (κ2) is 8.64. The van der Waals surface area contributed by atoms with Gasteiger partial charge in [0.25, 0.3) is 5.91 Å². The smallest absolute Gasteiger partial charge is 0.277 e. The molecule has 2 rings (SSSR count). The first-order valence-electron chi connectivity index (χ1n) is 7.76. The fraction of sp³-hybridized carbons (Fsp3) is 0.263. The number of rotatable bonds is 6. The first-order chi connectivity index (χ1) is 11.5. The lowest BCUT2D eigenvalue weighted by atomic mass is 10.0. The van der Waals surface area contributed by atoms with Crippen LogP contribution in [0.2, 0.25) is 0 Å². The Morgan fingerprint density at radius 2 is 2.08 bits per heavy atom. The number of amides is 1. The van der Waals surface area contributed by atoms with Crippen LogP contribution < -0.4 is 10.2 Å². The molecule has 5 heteroatoms. The number of aryl methyl sites for hydroxylation is 1. The Hall–Kier alpha value is -2.14. The number of carbonyl (C=O) groups is 1. The predicted molar refractivity (Wildman–Crippen MR) is 101 cm³/mol. The quantitative estimate of drug-likeness (QED) is 0.588. The Bertz CT molecular complexity index is 742. The second-order valence-electron chi connectivity index (χ2n) is 5.82. The van der Waals surface area contributed by atoms with E-state index in [2.05, 4.69) is 46.4 Å². The lowest BCUT2D eigenvalue weighted by Crippen LogP contribution is -2.24. The van der Waals surface area contributed by atoms with Gasteiger partial charge in [-0.1, -0.05) is 54.0 Å². The molecule has 0 bridgehead atoms. The molecule has 1 N–H and O–H groups in total. The Balaban J connectivity index is 1.88. The molecule has 2 aromatic rings. The van der Waals surface area contributed by atoms with Crippen LogP contribution in [-0.4, -0.2) is 18.7 Å². The third kappa shape index (κ3) is 5.49. The normalized spacial score (nSPS) is 11.0. The molecule has 1 amide bonds. The number of nitrogens with one attached hydrogen (secondary N) is 1. The number of halogens is 1. The number of hydrogen-bond acceptors (Lipinski definition) is 3. The van der Waals surface area contributed by atoms with Crippen molar-refractivity contribution in [1.82, 2.24) is 5.43 Å². The molecular formula is C19H21BrN2O2. The van der Waals surface area contributed by atoms with E-state index in [1.807, 2.05) is 43.3 Å². The first-order valence-corrected chi connectivity index (χ1v) is 8.56. The number of hydrazone groups is 1. The zero-order chi connectivity index (χ0) is 17.5. The van der Waals surface area contributed by atoms with Crippen molar-refractivity contribution >= 4 is 28.1 Å². The van der Waals surface area contributed by atoms with Crippen LogP contribution in [0.25, 0.3) is 0 Å². The number of hydrogen-bond donors (Lipinski definition) is 1. The van der Waals surface area contributed by atoms with Gasteiger partial charge in [0.05, 0.1) is 6.21 Å². The van der Waals surface area contributed by atoms with Crippen molar-refractivity contribution < 1.29 is 9.53 Å². The fourth-order valence-corrected chi connectivity index (χ4v) is 2.49. The monoisotopic (exact) mass is 388 g/mol. The zero-order valence-corrected chi connectivity index (χ0v) is 15.6. The molecule has 24 heavy (non-hydrogen) atoms. The standard InChI is InChI=1S/C19H21BrN2O2/c1-13(2)16-8-7-14(3)18(10-16)24-12-19(23)22-21-11-15-5-4-6-17(20)9-15/h4-11,13H,12H2,1-3H3,(H,22,23). The first kappa shape index (κ1) is 18.2. The topological polar surface area (TPSA) is 50.7 Å². The minimum atomic E-state index is -0.296. The summed E-state index contributed by atoms with van der Waals surface area (Å²) in [5.41, 5.74) is 5.55. The zero-order valence-electron chi connectivity index (χ0n) is 14.0. The van der Waals surface area contributed by atoms with E-state index in [0.717, 1.165) is 21.3 Å². The van der Waals surface area contributed by atoms with Gasteiger partial charge in [-0.25, -0.2) is 5.43 Å². The maximum Gasteiger partial charge on any atom is 0.277 e. The van der Waals surface area contributed by atoms with E-state index in [0.29, 0.717) is 5.92 Å². The molecule has 4 nitrogen and oxygen atoms in total. The van der Waals surface area contributed by atoms with Crippen LogP contribution >= 0.6 is 15.9 Å². The Labute approximate surface area is 151 Å². The molecular weight excluding hydrogens is 368 g/mol. The molecule has 0 atom stereocenters. The molecule has 0 unspecified atom stereocenters. The van der Waals surface area contributed by atoms with Gasteiger partial charge < -0.3 is 4.74 Å². The fourth-order valence-electron chi connectivity index (χ4n) is 2.07. The maximum atomic E-state index is 11.8. The lowest BCUT2D eigenvalue weighted by Gasteiger charge is -2.12. The molecule has 0 heterocycles. The summed E-state index contributed by atoms with van der Waals surface area (Å²) >= 11 is 3.39. The third-order valence-electron chi connectivity index (χ3n) is 3.49. The third-order valence-corrected chi connectivity index (χ3v) is 3.98. The van der Waals surface area contributed by atoms with Gasteiger partial charge in [0.2, 0.25) is 0 Å². The summed E-state index contributed by atoms with van der Waals surface area (Å²) in [5.74, 6) is 0.847. The van der Waals surface area contributed by atoms with Gasteiger partial charge in [-0.05, 0) is 47.7 Å². The van der Waals surface area contributed by atoms with Crippen molar-refractivity contribution in [2.24, 2.45) is 5.10 Å². The second-order valence-corrected chi connectivity index (χ2v) is 6.73. The molecule has 0 saturated carbocycles.